The summed E-state index contributed by atoms with van der Waals surface area (Å²) in [5, 5.41) is 2.70. The van der Waals surface area contributed by atoms with Gasteiger partial charge in [-0.3, -0.25) is 0 Å². The zero-order valence-corrected chi connectivity index (χ0v) is 9.05. The Labute approximate surface area is 80.5 Å². The smallest absolute Gasteiger partial charge is 0.317 e. The fourth-order valence-corrected chi connectivity index (χ4v) is 2.05. The predicted molar refractivity (Wildman–Crippen MR) is 53.6 cm³/mol. The Morgan fingerprint density at radius 1 is 1.54 bits per heavy atom. The van der Waals surface area contributed by atoms with Gasteiger partial charge in [-0.05, 0) is 25.7 Å². The second kappa shape index (κ2) is 3.56. The molecule has 76 valence electrons. The van der Waals surface area contributed by atoms with Crippen molar-refractivity contribution < 1.29 is 4.79 Å². The van der Waals surface area contributed by atoms with Gasteiger partial charge in [0.15, 0.2) is 0 Å². The molecular formula is C10H20N2O. The molecule has 1 aliphatic rings. The van der Waals surface area contributed by atoms with Gasteiger partial charge >= 0.3 is 6.03 Å². The summed E-state index contributed by atoms with van der Waals surface area (Å²) in [6.07, 6.45) is 2.25. The third kappa shape index (κ3) is 1.64. The van der Waals surface area contributed by atoms with E-state index >= 15 is 0 Å². The molecule has 0 saturated carbocycles. The molecule has 3 nitrogen and oxygen atoms in total. The maximum Gasteiger partial charge on any atom is 0.317 e. The summed E-state index contributed by atoms with van der Waals surface area (Å²) in [5.41, 5.74) is 0.0556. The Balaban J connectivity index is 2.79. The summed E-state index contributed by atoms with van der Waals surface area (Å²) in [6, 6.07) is 0.0636. The first-order chi connectivity index (χ1) is 6.02. The van der Waals surface area contributed by atoms with E-state index in [0.29, 0.717) is 5.92 Å². The number of carbonyl (C=O) groups excluding carboxylic acids is 1. The molecule has 0 aliphatic carbocycles. The van der Waals surface area contributed by atoms with E-state index < -0.39 is 0 Å². The minimum absolute atomic E-state index is 0.0556. The first-order valence-electron chi connectivity index (χ1n) is 5.01. The van der Waals surface area contributed by atoms with Crippen LogP contribution in [0.5, 0.6) is 0 Å². The Morgan fingerprint density at radius 2 is 2.15 bits per heavy atom. The van der Waals surface area contributed by atoms with E-state index in [1.165, 1.54) is 0 Å². The van der Waals surface area contributed by atoms with E-state index in [-0.39, 0.29) is 11.6 Å². The second-order valence-corrected chi connectivity index (χ2v) is 4.32. The average Bonchev–Trinajstić information content (AvgIpc) is 2.47. The van der Waals surface area contributed by atoms with Crippen molar-refractivity contribution in [3.8, 4) is 0 Å². The molecule has 0 aromatic rings. The van der Waals surface area contributed by atoms with Gasteiger partial charge in [0.2, 0.25) is 0 Å². The molecule has 3 heteroatoms. The number of nitrogens with zero attached hydrogens (tertiary/aromatic N) is 1. The molecule has 0 spiro atoms. The summed E-state index contributed by atoms with van der Waals surface area (Å²) in [4.78, 5) is 13.5. The van der Waals surface area contributed by atoms with Crippen LogP contribution in [0.25, 0.3) is 0 Å². The van der Waals surface area contributed by atoms with Gasteiger partial charge in [0, 0.05) is 19.1 Å². The fraction of sp³-hybridized carbons (Fsp3) is 0.900. The van der Waals surface area contributed by atoms with E-state index in [2.05, 4.69) is 26.1 Å². The first kappa shape index (κ1) is 10.4. The van der Waals surface area contributed by atoms with Crippen molar-refractivity contribution in [3.05, 3.63) is 0 Å². The Morgan fingerprint density at radius 3 is 2.62 bits per heavy atom. The maximum atomic E-state index is 11.5. The highest BCUT2D eigenvalue weighted by Crippen LogP contribution is 2.35. The lowest BCUT2D eigenvalue weighted by molar-refractivity contribution is 0.124. The number of urea groups is 1. The Hall–Kier alpha value is -0.730. The Bertz CT molecular complexity index is 203. The number of rotatable bonds is 1. The van der Waals surface area contributed by atoms with Gasteiger partial charge in [-0.25, -0.2) is 4.79 Å². The number of hydrogen-bond donors (Lipinski definition) is 1. The number of hydrogen-bond acceptors (Lipinski definition) is 1. The monoisotopic (exact) mass is 184 g/mol. The van der Waals surface area contributed by atoms with Crippen molar-refractivity contribution in [2.75, 3.05) is 13.6 Å². The molecule has 0 bridgehead atoms. The van der Waals surface area contributed by atoms with Crippen LogP contribution in [-0.2, 0) is 0 Å². The highest BCUT2D eigenvalue weighted by Gasteiger charge is 2.41. The zero-order valence-electron chi connectivity index (χ0n) is 9.05. The molecule has 2 amide bonds. The van der Waals surface area contributed by atoms with Crippen LogP contribution in [0, 0.1) is 5.92 Å². The molecule has 0 radical (unpaired) electrons. The number of amides is 2. The van der Waals surface area contributed by atoms with Gasteiger partial charge in [0.05, 0.1) is 0 Å². The molecule has 1 atom stereocenters. The summed E-state index contributed by atoms with van der Waals surface area (Å²) < 4.78 is 0. The van der Waals surface area contributed by atoms with Crippen molar-refractivity contribution in [2.45, 2.75) is 39.2 Å². The summed E-state index contributed by atoms with van der Waals surface area (Å²) in [7, 11) is 1.70. The molecule has 13 heavy (non-hydrogen) atoms. The van der Waals surface area contributed by atoms with Crippen LogP contribution in [0.3, 0.4) is 0 Å². The number of carbonyl (C=O) groups is 1. The van der Waals surface area contributed by atoms with Crippen LogP contribution in [0.2, 0.25) is 0 Å². The van der Waals surface area contributed by atoms with E-state index in [0.717, 1.165) is 19.4 Å². The lowest BCUT2D eigenvalue weighted by Gasteiger charge is -2.38. The van der Waals surface area contributed by atoms with Gasteiger partial charge < -0.3 is 10.2 Å². The SMILES string of the molecule is CNC(=O)N1CCC[C@@]1(C)C(C)C. The molecule has 1 aliphatic heterocycles. The first-order valence-corrected chi connectivity index (χ1v) is 5.01. The number of nitrogens with one attached hydrogen (secondary N) is 1. The molecular weight excluding hydrogens is 164 g/mol. The highest BCUT2D eigenvalue weighted by molar-refractivity contribution is 5.75. The highest BCUT2D eigenvalue weighted by atomic mass is 16.2. The summed E-state index contributed by atoms with van der Waals surface area (Å²) >= 11 is 0. The zero-order chi connectivity index (χ0) is 10.1. The molecule has 1 heterocycles. The second-order valence-electron chi connectivity index (χ2n) is 4.32. The molecule has 0 aromatic carbocycles. The molecule has 1 rings (SSSR count). The normalized spacial score (nSPS) is 28.2. The van der Waals surface area contributed by atoms with Crippen molar-refractivity contribution >= 4 is 6.03 Å². The number of likely N-dealkylation sites (tertiary alicyclic amines) is 1. The lowest BCUT2D eigenvalue weighted by Crippen LogP contribution is -2.51. The van der Waals surface area contributed by atoms with Crippen LogP contribution in [0.1, 0.15) is 33.6 Å². The quantitative estimate of drug-likeness (QED) is 0.662. The predicted octanol–water partition coefficient (Wildman–Crippen LogP) is 1.84. The van der Waals surface area contributed by atoms with Crippen LogP contribution >= 0.6 is 0 Å². The van der Waals surface area contributed by atoms with Crippen LogP contribution < -0.4 is 5.32 Å². The van der Waals surface area contributed by atoms with Crippen molar-refractivity contribution in [2.24, 2.45) is 5.92 Å². The third-order valence-electron chi connectivity index (χ3n) is 3.38. The van der Waals surface area contributed by atoms with Crippen LogP contribution in [0.4, 0.5) is 4.79 Å². The van der Waals surface area contributed by atoms with Gasteiger partial charge in [0.1, 0.15) is 0 Å². The van der Waals surface area contributed by atoms with Gasteiger partial charge in [0.25, 0.3) is 0 Å². The standard InChI is InChI=1S/C10H20N2O/c1-8(2)10(3)6-5-7-12(10)9(13)11-4/h8H,5-7H2,1-4H3,(H,11,13)/t10-/m0/s1. The lowest BCUT2D eigenvalue weighted by atomic mass is 9.86. The largest absolute Gasteiger partial charge is 0.341 e. The molecule has 1 fully saturated rings. The maximum absolute atomic E-state index is 11.5. The van der Waals surface area contributed by atoms with E-state index in [1.807, 2.05) is 4.90 Å². The van der Waals surface area contributed by atoms with Crippen molar-refractivity contribution in [1.29, 1.82) is 0 Å². The molecule has 0 unspecified atom stereocenters. The van der Waals surface area contributed by atoms with E-state index in [1.54, 1.807) is 7.05 Å². The Kier molecular flexibility index (Phi) is 2.84. The van der Waals surface area contributed by atoms with Gasteiger partial charge in [-0.15, -0.1) is 0 Å². The minimum atomic E-state index is 0.0556. The molecule has 0 aromatic heterocycles. The van der Waals surface area contributed by atoms with Crippen molar-refractivity contribution in [3.63, 3.8) is 0 Å². The third-order valence-corrected chi connectivity index (χ3v) is 3.38. The summed E-state index contributed by atoms with van der Waals surface area (Å²) in [5.74, 6) is 0.521. The minimum Gasteiger partial charge on any atom is -0.341 e. The molecule has 1 saturated heterocycles. The average molecular weight is 184 g/mol. The van der Waals surface area contributed by atoms with E-state index in [4.69, 9.17) is 0 Å². The van der Waals surface area contributed by atoms with Crippen molar-refractivity contribution in [1.82, 2.24) is 10.2 Å². The van der Waals surface area contributed by atoms with Crippen LogP contribution in [-0.4, -0.2) is 30.1 Å². The van der Waals surface area contributed by atoms with E-state index in [9.17, 15) is 4.79 Å². The van der Waals surface area contributed by atoms with Gasteiger partial charge in [-0.1, -0.05) is 13.8 Å². The molecule has 1 N–H and O–H groups in total. The van der Waals surface area contributed by atoms with Crippen LogP contribution in [0.15, 0.2) is 0 Å². The summed E-state index contributed by atoms with van der Waals surface area (Å²) in [6.45, 7) is 7.44. The topological polar surface area (TPSA) is 32.3 Å². The fourth-order valence-electron chi connectivity index (χ4n) is 2.05. The van der Waals surface area contributed by atoms with Gasteiger partial charge in [-0.2, -0.15) is 0 Å².